The number of hydrazine groups is 1. The Bertz CT molecular complexity index is 978. The molecular formula is C23H27N3O6. The van der Waals surface area contributed by atoms with Gasteiger partial charge in [0.25, 0.3) is 17.7 Å². The van der Waals surface area contributed by atoms with E-state index in [1.165, 1.54) is 5.01 Å². The van der Waals surface area contributed by atoms with Crippen molar-refractivity contribution in [3.05, 3.63) is 35.4 Å². The van der Waals surface area contributed by atoms with E-state index >= 15 is 0 Å². The topological polar surface area (TPSA) is 104 Å². The molecule has 0 bridgehead atoms. The Morgan fingerprint density at radius 1 is 1.03 bits per heavy atom. The van der Waals surface area contributed by atoms with E-state index in [-0.39, 0.29) is 30.0 Å². The van der Waals surface area contributed by atoms with E-state index in [0.717, 1.165) is 9.91 Å². The molecule has 1 aromatic rings. The highest BCUT2D eigenvalue weighted by Gasteiger charge is 2.53. The molecule has 4 rings (SSSR count). The van der Waals surface area contributed by atoms with Crippen LogP contribution in [0.1, 0.15) is 67.7 Å². The number of nitrogens with zero attached hydrogens (tertiary/aromatic N) is 3. The van der Waals surface area contributed by atoms with Crippen molar-refractivity contribution in [2.24, 2.45) is 5.92 Å². The van der Waals surface area contributed by atoms with Crippen LogP contribution in [-0.4, -0.2) is 68.7 Å². The van der Waals surface area contributed by atoms with Gasteiger partial charge in [0, 0.05) is 13.0 Å². The van der Waals surface area contributed by atoms with Gasteiger partial charge in [0.1, 0.15) is 11.6 Å². The number of imide groups is 1. The lowest BCUT2D eigenvalue weighted by atomic mass is 9.95. The molecule has 3 atom stereocenters. The predicted octanol–water partition coefficient (Wildman–Crippen LogP) is 1.77. The van der Waals surface area contributed by atoms with E-state index in [0.29, 0.717) is 12.8 Å². The quantitative estimate of drug-likeness (QED) is 0.512. The Morgan fingerprint density at radius 2 is 1.62 bits per heavy atom. The van der Waals surface area contributed by atoms with Crippen molar-refractivity contribution >= 4 is 29.6 Å². The van der Waals surface area contributed by atoms with E-state index in [4.69, 9.17) is 4.74 Å². The first kappa shape index (κ1) is 22.0. The first-order valence-electron chi connectivity index (χ1n) is 10.8. The fraction of sp³-hybridized carbons (Fsp3) is 0.522. The zero-order valence-electron chi connectivity index (χ0n) is 18.7. The van der Waals surface area contributed by atoms with E-state index < -0.39 is 47.3 Å². The van der Waals surface area contributed by atoms with Gasteiger partial charge in [-0.15, -0.1) is 0 Å². The molecule has 0 aromatic heterocycles. The number of hydrogen-bond acceptors (Lipinski definition) is 6. The van der Waals surface area contributed by atoms with Crippen molar-refractivity contribution in [2.75, 3.05) is 6.54 Å². The van der Waals surface area contributed by atoms with Gasteiger partial charge in [-0.1, -0.05) is 19.1 Å². The molecule has 9 nitrogen and oxygen atoms in total. The summed E-state index contributed by atoms with van der Waals surface area (Å²) in [5, 5.41) is 2.42. The molecule has 4 amide bonds. The lowest BCUT2D eigenvalue weighted by Crippen LogP contribution is -2.63. The van der Waals surface area contributed by atoms with Crippen LogP contribution in [0.5, 0.6) is 0 Å². The number of hydrogen-bond donors (Lipinski definition) is 0. The van der Waals surface area contributed by atoms with Crippen LogP contribution < -0.4 is 0 Å². The minimum absolute atomic E-state index is 0.0264. The summed E-state index contributed by atoms with van der Waals surface area (Å²) >= 11 is 0. The average Bonchev–Trinajstić information content (AvgIpc) is 2.92. The third-order valence-corrected chi connectivity index (χ3v) is 5.99. The highest BCUT2D eigenvalue weighted by Crippen LogP contribution is 2.34. The lowest BCUT2D eigenvalue weighted by Gasteiger charge is -2.43. The Morgan fingerprint density at radius 3 is 2.19 bits per heavy atom. The molecule has 0 saturated carbocycles. The highest BCUT2D eigenvalue weighted by atomic mass is 16.6. The molecule has 0 radical (unpaired) electrons. The van der Waals surface area contributed by atoms with E-state index in [9.17, 15) is 24.0 Å². The Kier molecular flexibility index (Phi) is 5.30. The van der Waals surface area contributed by atoms with Crippen LogP contribution in [-0.2, 0) is 19.1 Å². The summed E-state index contributed by atoms with van der Waals surface area (Å²) in [5.41, 5.74) is -0.312. The van der Waals surface area contributed by atoms with Gasteiger partial charge in [-0.3, -0.25) is 29.1 Å². The molecule has 2 fully saturated rings. The second kappa shape index (κ2) is 7.72. The number of benzene rings is 1. The highest BCUT2D eigenvalue weighted by molar-refractivity contribution is 6.23. The zero-order chi connectivity index (χ0) is 23.4. The first-order chi connectivity index (χ1) is 15.0. The van der Waals surface area contributed by atoms with Crippen molar-refractivity contribution in [1.29, 1.82) is 0 Å². The fourth-order valence-electron chi connectivity index (χ4n) is 4.63. The molecular weight excluding hydrogens is 414 g/mol. The maximum absolute atomic E-state index is 13.8. The standard InChI is InChI=1S/C23H27N3O6/c1-13-12-17(27)24-11-7-10-16(22(31)32-23(2,3)4)26(24)21(30)18(13)25-19(28)14-8-5-6-9-15(14)20(25)29/h5-6,8-9,13,16,18H,7,10-12H2,1-4H3/t13-,16-,18-/m0/s1. The Hall–Kier alpha value is -3.23. The van der Waals surface area contributed by atoms with Crippen LogP contribution >= 0.6 is 0 Å². The summed E-state index contributed by atoms with van der Waals surface area (Å²) in [6, 6.07) is 4.20. The van der Waals surface area contributed by atoms with Crippen molar-refractivity contribution in [1.82, 2.24) is 14.9 Å². The van der Waals surface area contributed by atoms with Gasteiger partial charge in [-0.2, -0.15) is 0 Å². The summed E-state index contributed by atoms with van der Waals surface area (Å²) < 4.78 is 5.51. The van der Waals surface area contributed by atoms with Crippen molar-refractivity contribution in [3.63, 3.8) is 0 Å². The summed E-state index contributed by atoms with van der Waals surface area (Å²) in [6.45, 7) is 7.14. The van der Waals surface area contributed by atoms with E-state index in [1.807, 2.05) is 0 Å². The molecule has 2 saturated heterocycles. The number of ether oxygens (including phenoxy) is 1. The van der Waals surface area contributed by atoms with Crippen LogP contribution in [0.4, 0.5) is 0 Å². The maximum Gasteiger partial charge on any atom is 0.331 e. The minimum Gasteiger partial charge on any atom is -0.458 e. The molecule has 0 N–H and O–H groups in total. The van der Waals surface area contributed by atoms with Crippen LogP contribution in [0.25, 0.3) is 0 Å². The monoisotopic (exact) mass is 441 g/mol. The zero-order valence-corrected chi connectivity index (χ0v) is 18.7. The summed E-state index contributed by atoms with van der Waals surface area (Å²) in [7, 11) is 0. The number of rotatable bonds is 2. The second-order valence-corrected chi connectivity index (χ2v) is 9.54. The summed E-state index contributed by atoms with van der Waals surface area (Å²) in [6.07, 6.45) is 0.834. The van der Waals surface area contributed by atoms with Gasteiger partial charge in [-0.25, -0.2) is 9.80 Å². The van der Waals surface area contributed by atoms with E-state index in [2.05, 4.69) is 0 Å². The van der Waals surface area contributed by atoms with Gasteiger partial charge in [0.15, 0.2) is 6.04 Å². The fourth-order valence-corrected chi connectivity index (χ4v) is 4.63. The Labute approximate surface area is 186 Å². The average molecular weight is 441 g/mol. The summed E-state index contributed by atoms with van der Waals surface area (Å²) in [4.78, 5) is 66.9. The minimum atomic E-state index is -1.20. The molecule has 0 aliphatic carbocycles. The third-order valence-electron chi connectivity index (χ3n) is 5.99. The molecule has 3 aliphatic heterocycles. The maximum atomic E-state index is 13.8. The van der Waals surface area contributed by atoms with E-state index in [1.54, 1.807) is 52.0 Å². The molecule has 0 unspecified atom stereocenters. The van der Waals surface area contributed by atoms with Crippen LogP contribution in [0, 0.1) is 5.92 Å². The number of esters is 1. The van der Waals surface area contributed by atoms with Crippen molar-refractivity contribution < 1.29 is 28.7 Å². The van der Waals surface area contributed by atoms with Crippen LogP contribution in [0.3, 0.4) is 0 Å². The number of amides is 4. The molecule has 0 spiro atoms. The molecule has 170 valence electrons. The molecule has 9 heteroatoms. The van der Waals surface area contributed by atoms with Gasteiger partial charge < -0.3 is 4.74 Å². The van der Waals surface area contributed by atoms with Crippen LogP contribution in [0.15, 0.2) is 24.3 Å². The third kappa shape index (κ3) is 3.55. The Balaban J connectivity index is 1.73. The van der Waals surface area contributed by atoms with Gasteiger partial charge in [0.2, 0.25) is 5.91 Å². The lowest BCUT2D eigenvalue weighted by molar-refractivity contribution is -0.188. The number of fused-ring (bicyclic) bond motifs is 2. The van der Waals surface area contributed by atoms with Gasteiger partial charge >= 0.3 is 5.97 Å². The largest absolute Gasteiger partial charge is 0.458 e. The van der Waals surface area contributed by atoms with Gasteiger partial charge in [0.05, 0.1) is 11.1 Å². The normalized spacial score (nSPS) is 26.1. The molecule has 3 aliphatic rings. The molecule has 32 heavy (non-hydrogen) atoms. The number of carbonyl (C=O) groups is 5. The summed E-state index contributed by atoms with van der Waals surface area (Å²) in [5.74, 6) is -3.29. The molecule has 1 aromatic carbocycles. The molecule has 3 heterocycles. The van der Waals surface area contributed by atoms with Crippen molar-refractivity contribution in [2.45, 2.75) is 64.6 Å². The first-order valence-corrected chi connectivity index (χ1v) is 10.8. The van der Waals surface area contributed by atoms with Gasteiger partial charge in [-0.05, 0) is 51.7 Å². The second-order valence-electron chi connectivity index (χ2n) is 9.54. The van der Waals surface area contributed by atoms with Crippen molar-refractivity contribution in [3.8, 4) is 0 Å². The smallest absolute Gasteiger partial charge is 0.331 e. The van der Waals surface area contributed by atoms with Crippen LogP contribution in [0.2, 0.25) is 0 Å². The predicted molar refractivity (Wildman–Crippen MR) is 112 cm³/mol. The SMILES string of the molecule is C[C@H]1CC(=O)N2CCC[C@@H](C(=O)OC(C)(C)C)N2C(=O)[C@H]1N1C(=O)c2ccccc2C1=O. The number of carbonyl (C=O) groups excluding carboxylic acids is 5.